The summed E-state index contributed by atoms with van der Waals surface area (Å²) in [6.07, 6.45) is -6.84. The van der Waals surface area contributed by atoms with Gasteiger partial charge in [-0.1, -0.05) is 6.92 Å². The molecule has 0 amide bonds. The zero-order chi connectivity index (χ0) is 20.2. The molecule has 0 spiro atoms. The summed E-state index contributed by atoms with van der Waals surface area (Å²) in [6.45, 7) is 1.87. The molecule has 4 rings (SSSR count). The minimum Gasteiger partial charge on any atom is -0.393 e. The van der Waals surface area contributed by atoms with Gasteiger partial charge in [0, 0.05) is 20.0 Å². The highest BCUT2D eigenvalue weighted by Gasteiger charge is 2.56. The molecule has 0 aromatic carbocycles. The molecule has 20 heavy (non-hydrogen) atoms. The minimum absolute atomic E-state index is 0.0183. The highest BCUT2D eigenvalue weighted by atomic mass is 16.3. The molecule has 4 fully saturated rings. The van der Waals surface area contributed by atoms with Crippen molar-refractivity contribution in [2.75, 3.05) is 0 Å². The first-order chi connectivity index (χ1) is 12.2. The van der Waals surface area contributed by atoms with Gasteiger partial charge in [0.15, 0.2) is 0 Å². The van der Waals surface area contributed by atoms with E-state index in [2.05, 4.69) is 0 Å². The van der Waals surface area contributed by atoms with Crippen molar-refractivity contribution in [3.05, 3.63) is 0 Å². The summed E-state index contributed by atoms with van der Waals surface area (Å²) in [6, 6.07) is 0. The number of carbonyl (C=O) groups is 1. The second-order valence-electron chi connectivity index (χ2n) is 7.32. The summed E-state index contributed by atoms with van der Waals surface area (Å²) in [7, 11) is 0. The van der Waals surface area contributed by atoms with Gasteiger partial charge in [-0.15, -0.1) is 0 Å². The molecule has 0 bridgehead atoms. The molecular weight excluding hydrogens is 248 g/mol. The normalized spacial score (nSPS) is 71.4. The Bertz CT molecular complexity index is 677. The molecule has 1 N–H and O–H groups in total. The Balaban J connectivity index is 1.69. The maximum Gasteiger partial charge on any atom is 0.139 e. The van der Waals surface area contributed by atoms with Crippen LogP contribution in [0.5, 0.6) is 0 Å². The summed E-state index contributed by atoms with van der Waals surface area (Å²) in [5, 5.41) is 10.4. The van der Waals surface area contributed by atoms with Gasteiger partial charge in [0.1, 0.15) is 5.78 Å². The molecule has 0 unspecified atom stereocenters. The van der Waals surface area contributed by atoms with E-state index in [4.69, 9.17) is 9.60 Å². The van der Waals surface area contributed by atoms with Crippen LogP contribution in [0.3, 0.4) is 0 Å². The fourth-order valence-electron chi connectivity index (χ4n) is 5.45. The molecule has 2 heteroatoms. The zero-order valence-corrected chi connectivity index (χ0v) is 12.0. The third-order valence-corrected chi connectivity index (χ3v) is 6.59. The molecule has 4 saturated carbocycles. The van der Waals surface area contributed by atoms with Crippen molar-refractivity contribution in [3.63, 3.8) is 0 Å². The van der Waals surface area contributed by atoms with Crippen molar-refractivity contribution < 1.29 is 19.5 Å². The van der Waals surface area contributed by atoms with Crippen LogP contribution in [0.25, 0.3) is 0 Å². The Hall–Kier alpha value is -0.370. The zero-order valence-electron chi connectivity index (χ0n) is 19.0. The molecule has 4 aliphatic carbocycles. The molecule has 0 aromatic rings. The second-order valence-corrected chi connectivity index (χ2v) is 7.32. The highest BCUT2D eigenvalue weighted by molar-refractivity contribution is 5.87. The van der Waals surface area contributed by atoms with Crippen LogP contribution in [0.4, 0.5) is 0 Å². The number of carbonyl (C=O) groups excluding carboxylic acids is 1. The number of Topliss-reactive ketones (excluding diaryl/α,β-unsaturated/α-hetero) is 1. The van der Waals surface area contributed by atoms with Gasteiger partial charge in [-0.05, 0) is 80.9 Å². The smallest absolute Gasteiger partial charge is 0.139 e. The van der Waals surface area contributed by atoms with E-state index in [1.54, 1.807) is 0 Å². The molecular formula is C18H28O2. The van der Waals surface area contributed by atoms with Crippen LogP contribution >= 0.6 is 0 Å². The number of fused-ring (bicyclic) bond motifs is 5. The fourth-order valence-corrected chi connectivity index (χ4v) is 5.45. The highest BCUT2D eigenvalue weighted by Crippen LogP contribution is 2.61. The molecule has 0 aliphatic heterocycles. The first kappa shape index (κ1) is 7.76. The number of hydrogen-bond donors (Lipinski definition) is 1. The second kappa shape index (κ2) is 4.56. The first-order valence-electron chi connectivity index (χ1n) is 11.4. The van der Waals surface area contributed by atoms with Crippen LogP contribution in [0.1, 0.15) is 74.2 Å². The maximum atomic E-state index is 12.7. The van der Waals surface area contributed by atoms with E-state index in [1.807, 2.05) is 6.92 Å². The summed E-state index contributed by atoms with van der Waals surface area (Å²) in [5.74, 6) is -1.17. The van der Waals surface area contributed by atoms with Crippen LogP contribution in [0, 0.1) is 35.0 Å². The fraction of sp³-hybridized carbons (Fsp3) is 0.944. The van der Waals surface area contributed by atoms with E-state index in [9.17, 15) is 9.90 Å². The number of rotatable bonds is 0. The maximum absolute atomic E-state index is 12.7. The van der Waals surface area contributed by atoms with Crippen molar-refractivity contribution in [2.45, 2.75) is 70.6 Å². The van der Waals surface area contributed by atoms with E-state index < -0.39 is 36.5 Å². The van der Waals surface area contributed by atoms with Gasteiger partial charge < -0.3 is 5.11 Å². The third-order valence-electron chi connectivity index (χ3n) is 6.59. The van der Waals surface area contributed by atoms with Gasteiger partial charge in [0.2, 0.25) is 0 Å². The van der Waals surface area contributed by atoms with Gasteiger partial charge in [-0.3, -0.25) is 4.79 Å². The summed E-state index contributed by atoms with van der Waals surface area (Å²) in [4.78, 5) is 12.7. The predicted molar refractivity (Wildman–Crippen MR) is 78.1 cm³/mol. The molecule has 0 saturated heterocycles. The lowest BCUT2D eigenvalue weighted by Gasteiger charge is -2.54. The van der Waals surface area contributed by atoms with Crippen LogP contribution in [0.15, 0.2) is 0 Å². The van der Waals surface area contributed by atoms with Gasteiger partial charge in [0.05, 0.1) is 7.45 Å². The lowest BCUT2D eigenvalue weighted by atomic mass is 9.50. The van der Waals surface area contributed by atoms with Crippen molar-refractivity contribution in [2.24, 2.45) is 35.0 Å². The Kier molecular flexibility index (Phi) is 1.77. The lowest BCUT2D eigenvalue weighted by Crippen LogP contribution is -2.49. The van der Waals surface area contributed by atoms with Gasteiger partial charge >= 0.3 is 0 Å². The average molecular weight is 283 g/mol. The Labute approximate surface area is 132 Å². The molecule has 4 aliphatic rings. The molecule has 0 radical (unpaired) electrons. The number of hydrogen-bond acceptors (Lipinski definition) is 2. The summed E-state index contributed by atoms with van der Waals surface area (Å²) in [5.41, 5.74) is -0.680. The van der Waals surface area contributed by atoms with Crippen molar-refractivity contribution in [1.29, 1.82) is 0 Å². The molecule has 112 valence electrons. The average Bonchev–Trinajstić information content (AvgIpc) is 2.73. The molecule has 0 heterocycles. The number of ketones is 1. The van der Waals surface area contributed by atoms with Crippen molar-refractivity contribution in [3.8, 4) is 0 Å². The quantitative estimate of drug-likeness (QED) is 0.738. The predicted octanol–water partition coefficient (Wildman–Crippen LogP) is 3.57. The largest absolute Gasteiger partial charge is 0.393 e. The van der Waals surface area contributed by atoms with E-state index in [-0.39, 0.29) is 42.3 Å². The van der Waals surface area contributed by atoms with E-state index in [1.165, 1.54) is 0 Å². The topological polar surface area (TPSA) is 37.3 Å². The number of aliphatic hydroxyl groups is 1. The monoisotopic (exact) mass is 283 g/mol. The minimum atomic E-state index is -2.78. The van der Waals surface area contributed by atoms with Gasteiger partial charge in [0.25, 0.3) is 0 Å². The van der Waals surface area contributed by atoms with Crippen molar-refractivity contribution in [1.82, 2.24) is 0 Å². The van der Waals surface area contributed by atoms with Crippen LogP contribution in [-0.4, -0.2) is 17.0 Å². The molecule has 7 atom stereocenters. The van der Waals surface area contributed by atoms with E-state index >= 15 is 0 Å². The van der Waals surface area contributed by atoms with Crippen LogP contribution in [-0.2, 0) is 4.79 Å². The molecule has 2 nitrogen and oxygen atoms in total. The van der Waals surface area contributed by atoms with E-state index in [0.717, 1.165) is 0 Å². The van der Waals surface area contributed by atoms with Crippen LogP contribution < -0.4 is 0 Å². The molecule has 0 aromatic heterocycles. The Morgan fingerprint density at radius 1 is 1.20 bits per heavy atom. The Morgan fingerprint density at radius 2 is 2.05 bits per heavy atom. The Morgan fingerprint density at radius 3 is 2.90 bits per heavy atom. The third kappa shape index (κ3) is 1.76. The summed E-state index contributed by atoms with van der Waals surface area (Å²) >= 11 is 0. The lowest BCUT2D eigenvalue weighted by molar-refractivity contribution is -0.133. The van der Waals surface area contributed by atoms with Crippen molar-refractivity contribution >= 4 is 5.78 Å². The van der Waals surface area contributed by atoms with Gasteiger partial charge in [-0.25, -0.2) is 0 Å². The van der Waals surface area contributed by atoms with E-state index in [0.29, 0.717) is 25.7 Å². The van der Waals surface area contributed by atoms with Crippen LogP contribution in [0.2, 0.25) is 0 Å². The first-order valence-corrected chi connectivity index (χ1v) is 7.94. The SMILES string of the molecule is [2H]C1([2H])C[C@H]2[C@@H]3CC[C@@H]4[C@H](CC([2H])([2H])[C@@]([2H])(O)C4([2H])[2H])[C@H]3CC[C@]2(C)C1=O. The van der Waals surface area contributed by atoms with Gasteiger partial charge in [-0.2, -0.15) is 0 Å². The standard InChI is InChI=1S/C18H28O2/c1-18-9-8-14-13-5-3-12(19)10-11(13)2-4-15(14)16(18)6-7-17(18)20/h11-16,19H,2-10H2,1H3/t11-,12+,13-,14+,15+,16-,18-/m0/s1/i3D2,7D2,10D2,12D. The summed E-state index contributed by atoms with van der Waals surface area (Å²) < 4.78 is 57.3.